The SMILES string of the molecule is CCOC(=O)CCCC1(C(C)(C)C)c2ccc(C#N)c(C)c2CCN1C(=O)O. The Hall–Kier alpha value is -2.55. The number of carboxylic acid groups (broad SMARTS) is 1. The Morgan fingerprint density at radius 3 is 2.57 bits per heavy atom. The molecule has 0 aromatic heterocycles. The molecule has 1 aliphatic heterocycles. The van der Waals surface area contributed by atoms with E-state index >= 15 is 0 Å². The molecule has 0 radical (unpaired) electrons. The second kappa shape index (κ2) is 8.22. The molecule has 1 N–H and O–H groups in total. The molecule has 1 aliphatic rings. The number of hydrogen-bond donors (Lipinski definition) is 1. The number of carbonyl (C=O) groups excluding carboxylic acids is 1. The van der Waals surface area contributed by atoms with E-state index in [4.69, 9.17) is 4.74 Å². The summed E-state index contributed by atoms with van der Waals surface area (Å²) in [6.45, 7) is 10.5. The molecule has 1 amide bonds. The van der Waals surface area contributed by atoms with Gasteiger partial charge in [-0.05, 0) is 61.3 Å². The number of benzene rings is 1. The first-order valence-electron chi connectivity index (χ1n) is 9.79. The molecule has 6 nitrogen and oxygen atoms in total. The minimum absolute atomic E-state index is 0.254. The highest BCUT2D eigenvalue weighted by atomic mass is 16.5. The number of amides is 1. The van der Waals surface area contributed by atoms with E-state index < -0.39 is 17.0 Å². The number of carbonyl (C=O) groups is 2. The summed E-state index contributed by atoms with van der Waals surface area (Å²) in [5.41, 5.74) is 2.37. The monoisotopic (exact) mass is 386 g/mol. The molecule has 1 aromatic rings. The summed E-state index contributed by atoms with van der Waals surface area (Å²) in [5, 5.41) is 19.4. The van der Waals surface area contributed by atoms with Gasteiger partial charge < -0.3 is 9.84 Å². The summed E-state index contributed by atoms with van der Waals surface area (Å²) in [4.78, 5) is 25.6. The molecule has 0 bridgehead atoms. The summed E-state index contributed by atoms with van der Waals surface area (Å²) in [5.74, 6) is -0.263. The smallest absolute Gasteiger partial charge is 0.408 e. The van der Waals surface area contributed by atoms with Gasteiger partial charge in [0.15, 0.2) is 0 Å². The van der Waals surface area contributed by atoms with Gasteiger partial charge in [0.1, 0.15) is 0 Å². The zero-order valence-electron chi connectivity index (χ0n) is 17.5. The Bertz CT molecular complexity index is 804. The van der Waals surface area contributed by atoms with Crippen molar-refractivity contribution in [1.29, 1.82) is 5.26 Å². The number of rotatable bonds is 5. The summed E-state index contributed by atoms with van der Waals surface area (Å²) in [6.07, 6.45) is 0.916. The maximum Gasteiger partial charge on any atom is 0.408 e. The molecule has 28 heavy (non-hydrogen) atoms. The number of hydrogen-bond acceptors (Lipinski definition) is 4. The lowest BCUT2D eigenvalue weighted by Gasteiger charge is -2.55. The van der Waals surface area contributed by atoms with Crippen LogP contribution < -0.4 is 0 Å². The summed E-state index contributed by atoms with van der Waals surface area (Å²) >= 11 is 0. The van der Waals surface area contributed by atoms with Crippen molar-refractivity contribution in [1.82, 2.24) is 4.90 Å². The van der Waals surface area contributed by atoms with E-state index in [0.717, 1.165) is 16.7 Å². The van der Waals surface area contributed by atoms with Crippen molar-refractivity contribution >= 4 is 12.1 Å². The number of fused-ring (bicyclic) bond motifs is 1. The molecule has 0 aliphatic carbocycles. The van der Waals surface area contributed by atoms with E-state index in [9.17, 15) is 20.0 Å². The molecule has 152 valence electrons. The zero-order valence-corrected chi connectivity index (χ0v) is 17.5. The van der Waals surface area contributed by atoms with Crippen LogP contribution in [0.2, 0.25) is 0 Å². The van der Waals surface area contributed by atoms with Crippen LogP contribution in [-0.4, -0.2) is 35.2 Å². The summed E-state index contributed by atoms with van der Waals surface area (Å²) in [7, 11) is 0. The lowest BCUT2D eigenvalue weighted by molar-refractivity contribution is -0.143. The van der Waals surface area contributed by atoms with Gasteiger partial charge >= 0.3 is 12.1 Å². The van der Waals surface area contributed by atoms with E-state index in [2.05, 4.69) is 6.07 Å². The highest BCUT2D eigenvalue weighted by Crippen LogP contribution is 2.52. The predicted octanol–water partition coefficient (Wildman–Crippen LogP) is 4.38. The van der Waals surface area contributed by atoms with Crippen molar-refractivity contribution in [2.75, 3.05) is 13.2 Å². The third-order valence-electron chi connectivity index (χ3n) is 5.91. The van der Waals surface area contributed by atoms with Crippen LogP contribution in [0.4, 0.5) is 4.79 Å². The lowest BCUT2D eigenvalue weighted by Crippen LogP contribution is -2.59. The Morgan fingerprint density at radius 1 is 1.36 bits per heavy atom. The Morgan fingerprint density at radius 2 is 2.04 bits per heavy atom. The molecule has 1 heterocycles. The Kier molecular flexibility index (Phi) is 6.38. The number of nitrogens with zero attached hydrogens (tertiary/aromatic N) is 2. The average molecular weight is 386 g/mol. The number of ether oxygens (including phenoxy) is 1. The highest BCUT2D eigenvalue weighted by Gasteiger charge is 2.52. The fourth-order valence-corrected chi connectivity index (χ4v) is 4.58. The van der Waals surface area contributed by atoms with Crippen molar-refractivity contribution in [3.05, 3.63) is 34.4 Å². The minimum atomic E-state index is -0.960. The van der Waals surface area contributed by atoms with Gasteiger partial charge in [-0.25, -0.2) is 4.79 Å². The fourth-order valence-electron chi connectivity index (χ4n) is 4.58. The molecule has 0 saturated heterocycles. The number of esters is 1. The van der Waals surface area contributed by atoms with Crippen LogP contribution in [-0.2, 0) is 21.5 Å². The second-order valence-corrected chi connectivity index (χ2v) is 8.33. The molecule has 1 unspecified atom stereocenters. The molecular weight excluding hydrogens is 356 g/mol. The predicted molar refractivity (Wildman–Crippen MR) is 106 cm³/mol. The van der Waals surface area contributed by atoms with E-state index in [1.807, 2.05) is 33.8 Å². The van der Waals surface area contributed by atoms with Crippen molar-refractivity contribution in [2.24, 2.45) is 5.41 Å². The molecule has 2 rings (SSSR count). The van der Waals surface area contributed by atoms with Crippen LogP contribution in [0.5, 0.6) is 0 Å². The minimum Gasteiger partial charge on any atom is -0.466 e. The number of nitriles is 1. The third kappa shape index (κ3) is 3.71. The van der Waals surface area contributed by atoms with E-state index in [0.29, 0.717) is 38.0 Å². The van der Waals surface area contributed by atoms with Crippen LogP contribution in [0.15, 0.2) is 12.1 Å². The van der Waals surface area contributed by atoms with Crippen LogP contribution >= 0.6 is 0 Å². The summed E-state index contributed by atoms with van der Waals surface area (Å²) in [6, 6.07) is 5.92. The normalized spacial score (nSPS) is 18.9. The molecule has 1 aromatic carbocycles. The first-order chi connectivity index (χ1) is 13.1. The van der Waals surface area contributed by atoms with Crippen LogP contribution in [0.25, 0.3) is 0 Å². The molecular formula is C22H30N2O4. The first kappa shape index (κ1) is 21.7. The maximum atomic E-state index is 12.2. The van der Waals surface area contributed by atoms with Crippen molar-refractivity contribution < 1.29 is 19.4 Å². The second-order valence-electron chi connectivity index (χ2n) is 8.33. The zero-order chi connectivity index (χ0) is 21.1. The van der Waals surface area contributed by atoms with E-state index in [1.165, 1.54) is 4.90 Å². The van der Waals surface area contributed by atoms with Gasteiger partial charge in [0.2, 0.25) is 0 Å². The van der Waals surface area contributed by atoms with Crippen LogP contribution in [0.3, 0.4) is 0 Å². The molecule has 1 atom stereocenters. The van der Waals surface area contributed by atoms with Crippen LogP contribution in [0.1, 0.15) is 69.2 Å². The van der Waals surface area contributed by atoms with Gasteiger partial charge in [0.25, 0.3) is 0 Å². The van der Waals surface area contributed by atoms with Gasteiger partial charge in [-0.1, -0.05) is 26.8 Å². The van der Waals surface area contributed by atoms with Crippen molar-refractivity contribution in [3.8, 4) is 6.07 Å². The lowest BCUT2D eigenvalue weighted by atomic mass is 9.62. The molecule has 0 saturated carbocycles. The topological polar surface area (TPSA) is 90.6 Å². The van der Waals surface area contributed by atoms with Gasteiger partial charge in [0.05, 0.1) is 23.8 Å². The quantitative estimate of drug-likeness (QED) is 0.759. The van der Waals surface area contributed by atoms with Gasteiger partial charge in [-0.2, -0.15) is 5.26 Å². The summed E-state index contributed by atoms with van der Waals surface area (Å²) < 4.78 is 5.04. The Balaban J connectivity index is 2.59. The molecule has 6 heteroatoms. The van der Waals surface area contributed by atoms with Crippen molar-refractivity contribution in [2.45, 2.75) is 65.8 Å². The standard InChI is InChI=1S/C22H30N2O4/c1-6-28-19(25)8-7-12-22(21(3,4)5)18-10-9-16(14-23)15(2)17(18)11-13-24(22)20(26)27/h9-10H,6-8,11-13H2,1-5H3,(H,26,27). The van der Waals surface area contributed by atoms with Crippen molar-refractivity contribution in [3.63, 3.8) is 0 Å². The Labute approximate surface area is 167 Å². The van der Waals surface area contributed by atoms with E-state index in [-0.39, 0.29) is 12.4 Å². The largest absolute Gasteiger partial charge is 0.466 e. The maximum absolute atomic E-state index is 12.2. The average Bonchev–Trinajstić information content (AvgIpc) is 2.61. The van der Waals surface area contributed by atoms with Crippen LogP contribution in [0, 0.1) is 23.7 Å². The van der Waals surface area contributed by atoms with Gasteiger partial charge in [-0.3, -0.25) is 9.69 Å². The van der Waals surface area contributed by atoms with Gasteiger partial charge in [-0.15, -0.1) is 0 Å². The highest BCUT2D eigenvalue weighted by molar-refractivity contribution is 5.70. The molecule has 0 spiro atoms. The fraction of sp³-hybridized carbons (Fsp3) is 0.591. The van der Waals surface area contributed by atoms with Gasteiger partial charge in [0, 0.05) is 13.0 Å². The third-order valence-corrected chi connectivity index (χ3v) is 5.91. The first-order valence-corrected chi connectivity index (χ1v) is 9.79. The van der Waals surface area contributed by atoms with E-state index in [1.54, 1.807) is 13.0 Å². The molecule has 0 fully saturated rings.